The van der Waals surface area contributed by atoms with Crippen molar-refractivity contribution in [2.75, 3.05) is 0 Å². The molecule has 0 bridgehead atoms. The van der Waals surface area contributed by atoms with Crippen molar-refractivity contribution in [3.8, 4) is 5.75 Å². The highest BCUT2D eigenvalue weighted by Crippen LogP contribution is 2.24. The fourth-order valence-corrected chi connectivity index (χ4v) is 2.22. The Balaban J connectivity index is 2.14. The van der Waals surface area contributed by atoms with E-state index in [9.17, 15) is 0 Å². The van der Waals surface area contributed by atoms with Crippen molar-refractivity contribution >= 4 is 0 Å². The van der Waals surface area contributed by atoms with Gasteiger partial charge in [0, 0.05) is 18.2 Å². The maximum Gasteiger partial charge on any atom is 0.130 e. The van der Waals surface area contributed by atoms with Crippen molar-refractivity contribution in [2.24, 2.45) is 5.73 Å². The molecule has 2 aromatic rings. The highest BCUT2D eigenvalue weighted by molar-refractivity contribution is 5.35. The van der Waals surface area contributed by atoms with Gasteiger partial charge in [-0.15, -0.1) is 0 Å². The summed E-state index contributed by atoms with van der Waals surface area (Å²) in [5, 5.41) is 4.53. The molecule has 1 aromatic heterocycles. The number of ether oxygens (including phenoxy) is 1. The van der Waals surface area contributed by atoms with Gasteiger partial charge in [0.1, 0.15) is 12.4 Å². The van der Waals surface area contributed by atoms with E-state index in [4.69, 9.17) is 10.5 Å². The van der Waals surface area contributed by atoms with Crippen LogP contribution in [0.1, 0.15) is 43.8 Å². The standard InChI is InChI=1S/C16H23N3O/c1-4-13-10-14(19(5-2)18-13)11-20-16-9-7-6-8-15(16)12(3)17/h6-10,12H,4-5,11,17H2,1-3H3/t12-/m1/s1. The molecule has 0 aliphatic heterocycles. The van der Waals surface area contributed by atoms with Gasteiger partial charge in [-0.25, -0.2) is 0 Å². The molecular formula is C16H23N3O. The predicted molar refractivity (Wildman–Crippen MR) is 80.7 cm³/mol. The fraction of sp³-hybridized carbons (Fsp3) is 0.438. The first kappa shape index (κ1) is 14.6. The summed E-state index contributed by atoms with van der Waals surface area (Å²) < 4.78 is 7.94. The quantitative estimate of drug-likeness (QED) is 0.880. The van der Waals surface area contributed by atoms with Gasteiger partial charge in [0.15, 0.2) is 0 Å². The number of rotatable bonds is 6. The molecule has 0 unspecified atom stereocenters. The van der Waals surface area contributed by atoms with Gasteiger partial charge in [-0.2, -0.15) is 5.10 Å². The third-order valence-electron chi connectivity index (χ3n) is 3.36. The number of hydrogen-bond donors (Lipinski definition) is 1. The summed E-state index contributed by atoms with van der Waals surface area (Å²) in [6, 6.07) is 10.00. The fourth-order valence-electron chi connectivity index (χ4n) is 2.22. The normalized spacial score (nSPS) is 12.4. The zero-order valence-corrected chi connectivity index (χ0v) is 12.5. The number of aryl methyl sites for hydroxylation is 2. The number of nitrogens with zero attached hydrogens (tertiary/aromatic N) is 2. The topological polar surface area (TPSA) is 53.1 Å². The monoisotopic (exact) mass is 273 g/mol. The maximum atomic E-state index is 5.97. The van der Waals surface area contributed by atoms with Crippen LogP contribution in [0.5, 0.6) is 5.75 Å². The zero-order valence-electron chi connectivity index (χ0n) is 12.5. The van der Waals surface area contributed by atoms with Crippen molar-refractivity contribution in [1.82, 2.24) is 9.78 Å². The third-order valence-corrected chi connectivity index (χ3v) is 3.36. The lowest BCUT2D eigenvalue weighted by Crippen LogP contribution is -2.10. The molecule has 0 aliphatic carbocycles. The Morgan fingerprint density at radius 1 is 1.30 bits per heavy atom. The highest BCUT2D eigenvalue weighted by atomic mass is 16.5. The molecule has 0 spiro atoms. The summed E-state index contributed by atoms with van der Waals surface area (Å²) in [6.45, 7) is 7.54. The van der Waals surface area contributed by atoms with Gasteiger partial charge < -0.3 is 10.5 Å². The summed E-state index contributed by atoms with van der Waals surface area (Å²) in [4.78, 5) is 0. The van der Waals surface area contributed by atoms with Crippen LogP contribution in [-0.4, -0.2) is 9.78 Å². The number of benzene rings is 1. The Kier molecular flexibility index (Phi) is 4.79. The second kappa shape index (κ2) is 6.57. The average molecular weight is 273 g/mol. The lowest BCUT2D eigenvalue weighted by molar-refractivity contribution is 0.288. The Morgan fingerprint density at radius 3 is 2.70 bits per heavy atom. The minimum Gasteiger partial charge on any atom is -0.487 e. The van der Waals surface area contributed by atoms with Gasteiger partial charge in [-0.05, 0) is 32.4 Å². The van der Waals surface area contributed by atoms with Crippen molar-refractivity contribution < 1.29 is 4.74 Å². The molecule has 108 valence electrons. The van der Waals surface area contributed by atoms with Crippen LogP contribution in [0, 0.1) is 0 Å². The first-order chi connectivity index (χ1) is 9.65. The Morgan fingerprint density at radius 2 is 2.05 bits per heavy atom. The van der Waals surface area contributed by atoms with Crippen molar-refractivity contribution in [3.63, 3.8) is 0 Å². The van der Waals surface area contributed by atoms with E-state index in [1.54, 1.807) is 0 Å². The number of hydrogen-bond acceptors (Lipinski definition) is 3. The van der Waals surface area contributed by atoms with E-state index >= 15 is 0 Å². The number of nitrogens with two attached hydrogens (primary N) is 1. The maximum absolute atomic E-state index is 5.97. The Labute approximate surface area is 120 Å². The van der Waals surface area contributed by atoms with E-state index < -0.39 is 0 Å². The van der Waals surface area contributed by atoms with Gasteiger partial charge >= 0.3 is 0 Å². The third kappa shape index (κ3) is 3.20. The lowest BCUT2D eigenvalue weighted by atomic mass is 10.1. The predicted octanol–water partition coefficient (Wildman–Crippen LogP) is 3.06. The zero-order chi connectivity index (χ0) is 14.5. The molecule has 0 amide bonds. The first-order valence-corrected chi connectivity index (χ1v) is 7.18. The van der Waals surface area contributed by atoms with E-state index in [-0.39, 0.29) is 6.04 Å². The molecule has 0 radical (unpaired) electrons. The van der Waals surface area contributed by atoms with Crippen LogP contribution < -0.4 is 10.5 Å². The summed E-state index contributed by atoms with van der Waals surface area (Å²) in [5.41, 5.74) is 9.20. The highest BCUT2D eigenvalue weighted by Gasteiger charge is 2.10. The van der Waals surface area contributed by atoms with Gasteiger partial charge in [0.25, 0.3) is 0 Å². The summed E-state index contributed by atoms with van der Waals surface area (Å²) in [6.07, 6.45) is 0.941. The van der Waals surface area contributed by atoms with E-state index in [1.165, 1.54) is 0 Å². The van der Waals surface area contributed by atoms with Gasteiger partial charge in [-0.1, -0.05) is 25.1 Å². The average Bonchev–Trinajstić information content (AvgIpc) is 2.87. The molecule has 2 rings (SSSR count). The van der Waals surface area contributed by atoms with Crippen molar-refractivity contribution in [1.29, 1.82) is 0 Å². The smallest absolute Gasteiger partial charge is 0.130 e. The molecule has 0 saturated heterocycles. The van der Waals surface area contributed by atoms with Crippen LogP contribution in [-0.2, 0) is 19.6 Å². The van der Waals surface area contributed by atoms with Crippen LogP contribution in [0.4, 0.5) is 0 Å². The minimum atomic E-state index is -0.0338. The molecule has 20 heavy (non-hydrogen) atoms. The van der Waals surface area contributed by atoms with E-state index in [1.807, 2.05) is 35.9 Å². The number of para-hydroxylation sites is 1. The first-order valence-electron chi connectivity index (χ1n) is 7.18. The van der Waals surface area contributed by atoms with Gasteiger partial charge in [0.05, 0.1) is 11.4 Å². The molecule has 2 N–H and O–H groups in total. The van der Waals surface area contributed by atoms with Crippen molar-refractivity contribution in [2.45, 2.75) is 46.4 Å². The lowest BCUT2D eigenvalue weighted by Gasteiger charge is -2.14. The second-order valence-corrected chi connectivity index (χ2v) is 4.91. The Bertz CT molecular complexity index is 561. The number of aromatic nitrogens is 2. The van der Waals surface area contributed by atoms with E-state index in [0.717, 1.165) is 35.7 Å². The molecule has 1 aromatic carbocycles. The molecule has 1 atom stereocenters. The van der Waals surface area contributed by atoms with Crippen LogP contribution in [0.25, 0.3) is 0 Å². The van der Waals surface area contributed by atoms with E-state index in [0.29, 0.717) is 6.61 Å². The molecule has 0 fully saturated rings. The van der Waals surface area contributed by atoms with Crippen LogP contribution in [0.3, 0.4) is 0 Å². The van der Waals surface area contributed by atoms with Gasteiger partial charge in [0.2, 0.25) is 0 Å². The molecule has 0 aliphatic rings. The Hall–Kier alpha value is -1.81. The van der Waals surface area contributed by atoms with Crippen LogP contribution in [0.2, 0.25) is 0 Å². The van der Waals surface area contributed by atoms with E-state index in [2.05, 4.69) is 25.0 Å². The summed E-state index contributed by atoms with van der Waals surface area (Å²) in [5.74, 6) is 0.851. The van der Waals surface area contributed by atoms with Crippen LogP contribution in [0.15, 0.2) is 30.3 Å². The molecule has 0 saturated carbocycles. The molecular weight excluding hydrogens is 250 g/mol. The van der Waals surface area contributed by atoms with Gasteiger partial charge in [-0.3, -0.25) is 4.68 Å². The molecule has 4 heteroatoms. The molecule has 1 heterocycles. The largest absolute Gasteiger partial charge is 0.487 e. The SMILES string of the molecule is CCc1cc(COc2ccccc2[C@@H](C)N)n(CC)n1. The second-order valence-electron chi connectivity index (χ2n) is 4.91. The molecule has 4 nitrogen and oxygen atoms in total. The van der Waals surface area contributed by atoms with Crippen LogP contribution >= 0.6 is 0 Å². The summed E-state index contributed by atoms with van der Waals surface area (Å²) >= 11 is 0. The summed E-state index contributed by atoms with van der Waals surface area (Å²) in [7, 11) is 0. The minimum absolute atomic E-state index is 0.0338. The van der Waals surface area contributed by atoms with Crippen molar-refractivity contribution in [3.05, 3.63) is 47.3 Å².